The maximum absolute atomic E-state index is 6.86. The van der Waals surface area contributed by atoms with Crippen molar-refractivity contribution in [3.05, 3.63) is 107 Å². The largest absolute Gasteiger partial charge is 0.368 e. The molecular formula is C37H43ClO10. The van der Waals surface area contributed by atoms with E-state index >= 15 is 0 Å². The molecule has 258 valence electrons. The predicted octanol–water partition coefficient (Wildman–Crippen LogP) is 5.95. The molecule has 0 bridgehead atoms. The van der Waals surface area contributed by atoms with E-state index in [9.17, 15) is 0 Å². The Morgan fingerprint density at radius 3 is 1.98 bits per heavy atom. The van der Waals surface area contributed by atoms with E-state index in [0.717, 1.165) is 16.7 Å². The van der Waals surface area contributed by atoms with Crippen molar-refractivity contribution in [1.82, 2.24) is 0 Å². The Kier molecular flexibility index (Phi) is 10.5. The van der Waals surface area contributed by atoms with Crippen LogP contribution in [0.25, 0.3) is 0 Å². The van der Waals surface area contributed by atoms with E-state index in [1.807, 2.05) is 106 Å². The van der Waals surface area contributed by atoms with Crippen molar-refractivity contribution in [1.29, 1.82) is 0 Å². The molecule has 11 heteroatoms. The molecule has 0 aromatic heterocycles. The Hall–Kier alpha value is -2.45. The zero-order valence-electron chi connectivity index (χ0n) is 27.5. The number of rotatable bonds is 10. The van der Waals surface area contributed by atoms with Crippen LogP contribution in [0.15, 0.2) is 84.9 Å². The van der Waals surface area contributed by atoms with Crippen molar-refractivity contribution in [2.45, 2.75) is 107 Å². The van der Waals surface area contributed by atoms with Crippen molar-refractivity contribution in [2.75, 3.05) is 13.7 Å². The summed E-state index contributed by atoms with van der Waals surface area (Å²) >= 11 is 6.18. The van der Waals surface area contributed by atoms with Crippen LogP contribution in [0.1, 0.15) is 43.8 Å². The second kappa shape index (κ2) is 14.8. The number of hydrogen-bond donors (Lipinski definition) is 0. The van der Waals surface area contributed by atoms with Gasteiger partial charge in [0.15, 0.2) is 24.7 Å². The Labute approximate surface area is 286 Å². The summed E-state index contributed by atoms with van der Waals surface area (Å²) in [6, 6.07) is 27.4. The van der Waals surface area contributed by atoms with E-state index in [4.69, 9.17) is 59.0 Å². The van der Waals surface area contributed by atoms with Gasteiger partial charge in [-0.25, -0.2) is 0 Å². The molecule has 0 saturated carbocycles. The van der Waals surface area contributed by atoms with Crippen molar-refractivity contribution in [3.8, 4) is 0 Å². The number of hydrogen-bond acceptors (Lipinski definition) is 10. The minimum absolute atomic E-state index is 0.246. The van der Waals surface area contributed by atoms with Gasteiger partial charge in [-0.3, -0.25) is 0 Å². The van der Waals surface area contributed by atoms with Gasteiger partial charge in [-0.05, 0) is 44.0 Å². The molecule has 0 unspecified atom stereocenters. The van der Waals surface area contributed by atoms with Crippen LogP contribution in [0.2, 0.25) is 5.02 Å². The van der Waals surface area contributed by atoms with Gasteiger partial charge in [0.1, 0.15) is 42.7 Å². The molecule has 0 N–H and O–H groups in total. The molecular weight excluding hydrogens is 640 g/mol. The van der Waals surface area contributed by atoms with E-state index in [2.05, 4.69) is 0 Å². The maximum Gasteiger partial charge on any atom is 0.187 e. The first-order chi connectivity index (χ1) is 23.3. The summed E-state index contributed by atoms with van der Waals surface area (Å²) in [7, 11) is 1.59. The SMILES string of the molecule is CO[C@@H]1O[C@@H](C)[C@H](O[C@@H]2O[C@@H]3CO[C@@H](c4ccc(Cl)cc4)O[C@H]3[C@H](OCc3ccccc3)[C@@H]2OCc2ccccc2)[C@H]2OC(C)(C)O[C@@H]12. The van der Waals surface area contributed by atoms with Gasteiger partial charge >= 0.3 is 0 Å². The third-order valence-corrected chi connectivity index (χ3v) is 9.34. The molecule has 0 aliphatic carbocycles. The predicted molar refractivity (Wildman–Crippen MR) is 174 cm³/mol. The molecule has 3 aromatic carbocycles. The van der Waals surface area contributed by atoms with Crippen LogP contribution in [-0.2, 0) is 60.6 Å². The highest BCUT2D eigenvalue weighted by Gasteiger charge is 2.58. The fraction of sp³-hybridized carbons (Fsp3) is 0.514. The molecule has 4 saturated heterocycles. The number of halogens is 1. The van der Waals surface area contributed by atoms with Crippen molar-refractivity contribution in [3.63, 3.8) is 0 Å². The molecule has 0 radical (unpaired) electrons. The van der Waals surface area contributed by atoms with Crippen LogP contribution in [0.3, 0.4) is 0 Å². The molecule has 4 aliphatic heterocycles. The lowest BCUT2D eigenvalue weighted by Crippen LogP contribution is -2.66. The van der Waals surface area contributed by atoms with Gasteiger partial charge in [0.2, 0.25) is 0 Å². The first kappa shape index (κ1) is 34.0. The quantitative estimate of drug-likeness (QED) is 0.256. The molecule has 10 nitrogen and oxygen atoms in total. The molecule has 11 atom stereocenters. The van der Waals surface area contributed by atoms with Crippen LogP contribution in [0.4, 0.5) is 0 Å². The second-order valence-electron chi connectivity index (χ2n) is 13.0. The molecule has 0 amide bonds. The molecule has 4 aliphatic rings. The summed E-state index contributed by atoms with van der Waals surface area (Å²) in [6.45, 7) is 6.55. The topological polar surface area (TPSA) is 92.3 Å². The number of benzene rings is 3. The average Bonchev–Trinajstić information content (AvgIpc) is 3.43. The maximum atomic E-state index is 6.86. The third-order valence-electron chi connectivity index (χ3n) is 9.09. The summed E-state index contributed by atoms with van der Waals surface area (Å²) in [5.41, 5.74) is 2.86. The summed E-state index contributed by atoms with van der Waals surface area (Å²) in [5.74, 6) is -0.855. The fourth-order valence-electron chi connectivity index (χ4n) is 6.79. The van der Waals surface area contributed by atoms with Gasteiger partial charge in [0, 0.05) is 17.7 Å². The van der Waals surface area contributed by atoms with Gasteiger partial charge in [0.05, 0.1) is 25.9 Å². The monoisotopic (exact) mass is 682 g/mol. The van der Waals surface area contributed by atoms with E-state index < -0.39 is 73.5 Å². The molecule has 4 fully saturated rings. The standard InChI is InChI=1S/C37H43ClO10/c1-22-28(31-33(35(39-4)43-22)48-37(2,3)47-31)45-36-32(41-20-24-13-9-6-10-14-24)30(40-19-23-11-7-5-8-12-23)29-27(44-36)21-42-34(46-29)25-15-17-26(38)18-16-25/h5-18,22,27-36H,19-21H2,1-4H3/t22-,27+,28-,29+,30-,31+,32-,33+,34+,35+,36-/m0/s1. The lowest BCUT2D eigenvalue weighted by Gasteiger charge is -2.50. The van der Waals surface area contributed by atoms with Gasteiger partial charge in [-0.2, -0.15) is 0 Å². The fourth-order valence-corrected chi connectivity index (χ4v) is 6.92. The zero-order valence-corrected chi connectivity index (χ0v) is 28.3. The summed E-state index contributed by atoms with van der Waals surface area (Å²) in [5, 5.41) is 0.631. The minimum Gasteiger partial charge on any atom is -0.368 e. The minimum atomic E-state index is -0.891. The Morgan fingerprint density at radius 1 is 0.708 bits per heavy atom. The molecule has 4 heterocycles. The Morgan fingerprint density at radius 2 is 1.33 bits per heavy atom. The van der Waals surface area contributed by atoms with Crippen molar-refractivity contribution >= 4 is 11.6 Å². The summed E-state index contributed by atoms with van der Waals surface area (Å²) in [6.07, 6.45) is -6.49. The lowest BCUT2D eigenvalue weighted by molar-refractivity contribution is -0.388. The third kappa shape index (κ3) is 7.50. The normalized spacial score (nSPS) is 35.9. The van der Waals surface area contributed by atoms with E-state index in [0.29, 0.717) is 18.2 Å². The van der Waals surface area contributed by atoms with Gasteiger partial charge < -0.3 is 47.4 Å². The van der Waals surface area contributed by atoms with Crippen LogP contribution >= 0.6 is 11.6 Å². The zero-order chi connectivity index (χ0) is 33.3. The number of ether oxygens (including phenoxy) is 10. The highest BCUT2D eigenvalue weighted by atomic mass is 35.5. The van der Waals surface area contributed by atoms with Crippen LogP contribution in [-0.4, -0.2) is 80.9 Å². The molecule has 3 aromatic rings. The molecule has 48 heavy (non-hydrogen) atoms. The number of fused-ring (bicyclic) bond motifs is 2. The van der Waals surface area contributed by atoms with Crippen molar-refractivity contribution < 1.29 is 47.4 Å². The molecule has 7 rings (SSSR count). The van der Waals surface area contributed by atoms with Crippen molar-refractivity contribution in [2.24, 2.45) is 0 Å². The van der Waals surface area contributed by atoms with Gasteiger partial charge in [-0.1, -0.05) is 84.4 Å². The highest BCUT2D eigenvalue weighted by molar-refractivity contribution is 6.30. The smallest absolute Gasteiger partial charge is 0.187 e. The average molecular weight is 683 g/mol. The van der Waals surface area contributed by atoms with E-state index in [1.54, 1.807) is 7.11 Å². The first-order valence-corrected chi connectivity index (χ1v) is 16.8. The first-order valence-electron chi connectivity index (χ1n) is 16.5. The van der Waals surface area contributed by atoms with E-state index in [1.165, 1.54) is 0 Å². The Balaban J connectivity index is 1.20. The van der Waals surface area contributed by atoms with Crippen LogP contribution < -0.4 is 0 Å². The molecule has 0 spiro atoms. The lowest BCUT2D eigenvalue weighted by atomic mass is 9.96. The highest BCUT2D eigenvalue weighted by Crippen LogP contribution is 2.42. The van der Waals surface area contributed by atoms with Crippen LogP contribution in [0.5, 0.6) is 0 Å². The second-order valence-corrected chi connectivity index (χ2v) is 13.4. The van der Waals surface area contributed by atoms with Gasteiger partial charge in [0.25, 0.3) is 0 Å². The number of methoxy groups -OCH3 is 1. The van der Waals surface area contributed by atoms with E-state index in [-0.39, 0.29) is 6.61 Å². The summed E-state index contributed by atoms with van der Waals surface area (Å²) < 4.78 is 64.3. The summed E-state index contributed by atoms with van der Waals surface area (Å²) in [4.78, 5) is 0. The van der Waals surface area contributed by atoms with Gasteiger partial charge in [-0.15, -0.1) is 0 Å². The Bertz CT molecular complexity index is 1460. The van der Waals surface area contributed by atoms with Crippen LogP contribution in [0, 0.1) is 0 Å².